The van der Waals surface area contributed by atoms with Crippen molar-refractivity contribution in [2.24, 2.45) is 0 Å². The summed E-state index contributed by atoms with van der Waals surface area (Å²) in [4.78, 5) is 8.10. The normalized spacial score (nSPS) is 11.4. The summed E-state index contributed by atoms with van der Waals surface area (Å²) in [6, 6.07) is 1.56. The van der Waals surface area contributed by atoms with E-state index in [1.165, 1.54) is 18.0 Å². The molecule has 1 N–H and O–H groups in total. The van der Waals surface area contributed by atoms with Crippen LogP contribution in [0.3, 0.4) is 0 Å². The largest absolute Gasteiger partial charge is 0.369 e. The molecule has 0 spiro atoms. The van der Waals surface area contributed by atoms with Gasteiger partial charge in [-0.05, 0) is 6.26 Å². The van der Waals surface area contributed by atoms with E-state index in [-0.39, 0.29) is 5.75 Å². The van der Waals surface area contributed by atoms with Gasteiger partial charge in [0.25, 0.3) is 0 Å². The van der Waals surface area contributed by atoms with E-state index in [0.717, 1.165) is 0 Å². The molecule has 0 aliphatic heterocycles. The summed E-state index contributed by atoms with van der Waals surface area (Å²) in [5.74, 6) is 0.594. The van der Waals surface area contributed by atoms with Crippen molar-refractivity contribution >= 4 is 39.0 Å². The Kier molecular flexibility index (Phi) is 4.82. The van der Waals surface area contributed by atoms with Crippen molar-refractivity contribution in [2.75, 3.05) is 30.1 Å². The monoisotopic (exact) mass is 281 g/mol. The highest BCUT2D eigenvalue weighted by Crippen LogP contribution is 2.16. The summed E-state index contributed by atoms with van der Waals surface area (Å²) in [6.07, 6.45) is 3.03. The Morgan fingerprint density at radius 2 is 2.19 bits per heavy atom. The Balaban J connectivity index is 2.63. The van der Waals surface area contributed by atoms with Gasteiger partial charge in [-0.25, -0.2) is 18.4 Å². The molecule has 0 fully saturated rings. The number of halogens is 1. The Labute approximate surface area is 104 Å². The van der Waals surface area contributed by atoms with E-state index < -0.39 is 9.84 Å². The first-order valence-electron chi connectivity index (χ1n) is 4.41. The molecule has 0 aromatic carbocycles. The minimum absolute atomic E-state index is 0.0588. The molecule has 8 heteroatoms. The maximum Gasteiger partial charge on any atom is 0.190 e. The number of aromatic nitrogens is 2. The van der Waals surface area contributed by atoms with Crippen LogP contribution in [0.4, 0.5) is 5.82 Å². The summed E-state index contributed by atoms with van der Waals surface area (Å²) in [6.45, 7) is 0.306. The van der Waals surface area contributed by atoms with Gasteiger partial charge in [0, 0.05) is 18.9 Å². The van der Waals surface area contributed by atoms with Crippen LogP contribution < -0.4 is 5.32 Å². The Morgan fingerprint density at radius 1 is 1.50 bits per heavy atom. The zero-order valence-electron chi connectivity index (χ0n) is 8.90. The van der Waals surface area contributed by atoms with Crippen LogP contribution in [-0.2, 0) is 9.84 Å². The third-order valence-electron chi connectivity index (χ3n) is 1.64. The van der Waals surface area contributed by atoms with Crippen molar-refractivity contribution < 1.29 is 8.42 Å². The third-order valence-corrected chi connectivity index (χ3v) is 3.32. The van der Waals surface area contributed by atoms with Crippen molar-refractivity contribution in [3.05, 3.63) is 11.2 Å². The lowest BCUT2D eigenvalue weighted by molar-refractivity contribution is 0.602. The quantitative estimate of drug-likeness (QED) is 0.498. The van der Waals surface area contributed by atoms with E-state index in [9.17, 15) is 8.42 Å². The first-order valence-corrected chi connectivity index (χ1v) is 8.07. The molecule has 0 unspecified atom stereocenters. The summed E-state index contributed by atoms with van der Waals surface area (Å²) in [5, 5.41) is 3.77. The Bertz CT molecular complexity index is 464. The van der Waals surface area contributed by atoms with Gasteiger partial charge in [-0.2, -0.15) is 0 Å². The Hall–Kier alpha value is -0.530. The van der Waals surface area contributed by atoms with E-state index in [2.05, 4.69) is 15.3 Å². The second-order valence-corrected chi connectivity index (χ2v) is 6.54. The zero-order chi connectivity index (χ0) is 12.2. The summed E-state index contributed by atoms with van der Waals surface area (Å²) in [5.41, 5.74) is 0. The van der Waals surface area contributed by atoms with Gasteiger partial charge in [-0.1, -0.05) is 23.4 Å². The zero-order valence-corrected chi connectivity index (χ0v) is 11.3. The second-order valence-electron chi connectivity index (χ2n) is 3.12. The number of anilines is 1. The molecule has 0 saturated heterocycles. The maximum absolute atomic E-state index is 10.9. The summed E-state index contributed by atoms with van der Waals surface area (Å²) < 4.78 is 21.8. The average Bonchev–Trinajstić information content (AvgIpc) is 2.14. The number of hydrogen-bond donors (Lipinski definition) is 1. The predicted molar refractivity (Wildman–Crippen MR) is 67.0 cm³/mol. The standard InChI is InChI=1S/C8H12ClN3O2S2/c1-15-8-11-6(9)5-7(12-8)10-3-4-16(2,13)14/h5H,3-4H2,1-2H3,(H,10,11,12). The fraction of sp³-hybridized carbons (Fsp3) is 0.500. The van der Waals surface area contributed by atoms with Crippen LogP contribution in [0.1, 0.15) is 0 Å². The maximum atomic E-state index is 10.9. The number of rotatable bonds is 5. The molecule has 1 rings (SSSR count). The molecule has 0 radical (unpaired) electrons. The molecule has 0 bridgehead atoms. The third kappa shape index (κ3) is 5.00. The molecule has 1 aromatic heterocycles. The number of thioether (sulfide) groups is 1. The molecule has 0 amide bonds. The minimum atomic E-state index is -2.96. The van der Waals surface area contributed by atoms with Crippen LogP contribution in [-0.4, -0.2) is 43.2 Å². The van der Waals surface area contributed by atoms with Gasteiger partial charge in [-0.15, -0.1) is 0 Å². The summed E-state index contributed by atoms with van der Waals surface area (Å²) >= 11 is 7.15. The van der Waals surface area contributed by atoms with Crippen LogP contribution in [0.15, 0.2) is 11.2 Å². The minimum Gasteiger partial charge on any atom is -0.369 e. The van der Waals surface area contributed by atoms with Crippen molar-refractivity contribution in [1.29, 1.82) is 0 Å². The lowest BCUT2D eigenvalue weighted by atomic mass is 10.5. The van der Waals surface area contributed by atoms with Gasteiger partial charge in [0.15, 0.2) is 5.16 Å². The van der Waals surface area contributed by atoms with Gasteiger partial charge in [0.1, 0.15) is 20.8 Å². The van der Waals surface area contributed by atoms with Crippen LogP contribution >= 0.6 is 23.4 Å². The van der Waals surface area contributed by atoms with E-state index in [4.69, 9.17) is 11.6 Å². The van der Waals surface area contributed by atoms with E-state index in [1.54, 1.807) is 6.07 Å². The molecular formula is C8H12ClN3O2S2. The van der Waals surface area contributed by atoms with E-state index in [1.807, 2.05) is 6.26 Å². The lowest BCUT2D eigenvalue weighted by Gasteiger charge is -2.05. The molecular weight excluding hydrogens is 270 g/mol. The molecule has 1 heterocycles. The topological polar surface area (TPSA) is 72.0 Å². The molecule has 90 valence electrons. The van der Waals surface area contributed by atoms with Crippen molar-refractivity contribution in [3.8, 4) is 0 Å². The average molecular weight is 282 g/mol. The van der Waals surface area contributed by atoms with Gasteiger partial charge in [-0.3, -0.25) is 0 Å². The number of nitrogens with one attached hydrogen (secondary N) is 1. The SMILES string of the molecule is CSc1nc(Cl)cc(NCCS(C)(=O)=O)n1. The Morgan fingerprint density at radius 3 is 2.75 bits per heavy atom. The molecule has 0 aliphatic carbocycles. The number of hydrogen-bond acceptors (Lipinski definition) is 6. The van der Waals surface area contributed by atoms with Crippen LogP contribution in [0.25, 0.3) is 0 Å². The summed E-state index contributed by atoms with van der Waals surface area (Å²) in [7, 11) is -2.96. The van der Waals surface area contributed by atoms with Gasteiger partial charge >= 0.3 is 0 Å². The van der Waals surface area contributed by atoms with Crippen molar-refractivity contribution in [3.63, 3.8) is 0 Å². The highest BCUT2D eigenvalue weighted by molar-refractivity contribution is 7.98. The molecule has 1 aromatic rings. The van der Waals surface area contributed by atoms with E-state index >= 15 is 0 Å². The van der Waals surface area contributed by atoms with E-state index in [0.29, 0.717) is 22.7 Å². The molecule has 5 nitrogen and oxygen atoms in total. The number of sulfone groups is 1. The molecule has 0 aliphatic rings. The van der Waals surface area contributed by atoms with Crippen LogP contribution in [0, 0.1) is 0 Å². The predicted octanol–water partition coefficient (Wildman–Crippen LogP) is 1.31. The second kappa shape index (κ2) is 5.70. The van der Waals surface area contributed by atoms with Crippen LogP contribution in [0.2, 0.25) is 5.15 Å². The highest BCUT2D eigenvalue weighted by atomic mass is 35.5. The molecule has 0 saturated carbocycles. The van der Waals surface area contributed by atoms with Gasteiger partial charge in [0.2, 0.25) is 0 Å². The fourth-order valence-corrected chi connectivity index (χ4v) is 2.03. The first-order chi connectivity index (χ1) is 7.40. The number of nitrogens with zero attached hydrogens (tertiary/aromatic N) is 2. The van der Waals surface area contributed by atoms with Crippen LogP contribution in [0.5, 0.6) is 0 Å². The first kappa shape index (κ1) is 13.5. The highest BCUT2D eigenvalue weighted by Gasteiger charge is 2.04. The molecule has 0 atom stereocenters. The smallest absolute Gasteiger partial charge is 0.190 e. The van der Waals surface area contributed by atoms with Gasteiger partial charge < -0.3 is 5.32 Å². The van der Waals surface area contributed by atoms with Crippen molar-refractivity contribution in [1.82, 2.24) is 9.97 Å². The molecule has 16 heavy (non-hydrogen) atoms. The fourth-order valence-electron chi connectivity index (χ4n) is 0.943. The lowest BCUT2D eigenvalue weighted by Crippen LogP contribution is -2.15. The van der Waals surface area contributed by atoms with Gasteiger partial charge in [0.05, 0.1) is 5.75 Å². The van der Waals surface area contributed by atoms with Crippen molar-refractivity contribution in [2.45, 2.75) is 5.16 Å².